The highest BCUT2D eigenvalue weighted by Gasteiger charge is 2.30. The monoisotopic (exact) mass is 256 g/mol. The smallest absolute Gasteiger partial charge is 0.396 e. The number of aliphatic hydroxyl groups excluding tert-OH is 1. The quantitative estimate of drug-likeness (QED) is 0.595. The summed E-state index contributed by atoms with van der Waals surface area (Å²) in [6.45, 7) is 5.64. The van der Waals surface area contributed by atoms with Gasteiger partial charge in [-0.1, -0.05) is 6.92 Å². The van der Waals surface area contributed by atoms with E-state index < -0.39 is 4.92 Å². The van der Waals surface area contributed by atoms with Crippen molar-refractivity contribution in [1.82, 2.24) is 9.55 Å². The molecule has 0 fully saturated rings. The van der Waals surface area contributed by atoms with Gasteiger partial charge in [-0.3, -0.25) is 4.57 Å². The Bertz CT molecular complexity index is 444. The Morgan fingerprint density at radius 2 is 2.22 bits per heavy atom. The molecule has 0 aromatic carbocycles. The normalized spacial score (nSPS) is 14.3. The molecule has 1 atom stereocenters. The molecule has 0 saturated heterocycles. The van der Waals surface area contributed by atoms with Gasteiger partial charge in [-0.05, 0) is 29.7 Å². The molecule has 7 heteroatoms. The lowest BCUT2D eigenvalue weighted by atomic mass is 9.95. The Labute approximate surface area is 106 Å². The minimum Gasteiger partial charge on any atom is -0.396 e. The summed E-state index contributed by atoms with van der Waals surface area (Å²) in [7, 11) is 1.73. The van der Waals surface area contributed by atoms with Gasteiger partial charge < -0.3 is 20.5 Å². The number of hydrogen-bond donors (Lipinski definition) is 2. The summed E-state index contributed by atoms with van der Waals surface area (Å²) in [6.07, 6.45) is 1.26. The molecule has 1 rings (SSSR count). The standard InChI is InChI=1S/C11H20N4O3/c1-5-11(3,6-7-16)13-10-9(15(17)18)12-8(2)14(10)4/h13,16H,5-7H2,1-4H3. The third kappa shape index (κ3) is 2.79. The van der Waals surface area contributed by atoms with Crippen molar-refractivity contribution in [2.45, 2.75) is 39.2 Å². The van der Waals surface area contributed by atoms with Crippen molar-refractivity contribution in [3.8, 4) is 0 Å². The highest BCUT2D eigenvalue weighted by Crippen LogP contribution is 2.29. The van der Waals surface area contributed by atoms with Gasteiger partial charge in [-0.2, -0.15) is 0 Å². The van der Waals surface area contributed by atoms with Crippen molar-refractivity contribution in [3.05, 3.63) is 15.9 Å². The molecule has 1 heterocycles. The van der Waals surface area contributed by atoms with Crippen molar-refractivity contribution >= 4 is 11.6 Å². The van der Waals surface area contributed by atoms with Crippen LogP contribution in [-0.4, -0.2) is 31.7 Å². The van der Waals surface area contributed by atoms with Gasteiger partial charge in [0.25, 0.3) is 0 Å². The van der Waals surface area contributed by atoms with E-state index in [1.54, 1.807) is 18.5 Å². The minimum atomic E-state index is -0.496. The molecule has 0 aliphatic rings. The van der Waals surface area contributed by atoms with Crippen LogP contribution in [0.4, 0.5) is 11.6 Å². The van der Waals surface area contributed by atoms with Crippen LogP contribution < -0.4 is 5.32 Å². The zero-order chi connectivity index (χ0) is 13.9. The Kier molecular flexibility index (Phi) is 4.28. The molecular weight excluding hydrogens is 236 g/mol. The second kappa shape index (κ2) is 5.34. The highest BCUT2D eigenvalue weighted by molar-refractivity contribution is 5.55. The van der Waals surface area contributed by atoms with E-state index in [1.165, 1.54) is 0 Å². The molecule has 0 aliphatic heterocycles. The van der Waals surface area contributed by atoms with Gasteiger partial charge in [-0.15, -0.1) is 0 Å². The van der Waals surface area contributed by atoms with E-state index in [-0.39, 0.29) is 18.0 Å². The van der Waals surface area contributed by atoms with Crippen LogP contribution in [-0.2, 0) is 7.05 Å². The maximum atomic E-state index is 11.0. The van der Waals surface area contributed by atoms with Crippen LogP contribution in [0, 0.1) is 17.0 Å². The predicted octanol–water partition coefficient (Wildman–Crippen LogP) is 1.60. The fourth-order valence-corrected chi connectivity index (χ4v) is 1.72. The van der Waals surface area contributed by atoms with Crippen LogP contribution >= 0.6 is 0 Å². The van der Waals surface area contributed by atoms with E-state index in [0.29, 0.717) is 18.1 Å². The van der Waals surface area contributed by atoms with E-state index in [2.05, 4.69) is 10.3 Å². The highest BCUT2D eigenvalue weighted by atomic mass is 16.6. The molecule has 1 unspecified atom stereocenters. The topological polar surface area (TPSA) is 93.2 Å². The summed E-state index contributed by atoms with van der Waals surface area (Å²) in [4.78, 5) is 14.4. The van der Waals surface area contributed by atoms with E-state index in [1.807, 2.05) is 13.8 Å². The number of imidazole rings is 1. The molecule has 0 aliphatic carbocycles. The Balaban J connectivity index is 3.13. The summed E-state index contributed by atoms with van der Waals surface area (Å²) in [5, 5.41) is 23.2. The molecule has 0 amide bonds. The Morgan fingerprint density at radius 1 is 1.61 bits per heavy atom. The zero-order valence-corrected chi connectivity index (χ0v) is 11.2. The van der Waals surface area contributed by atoms with E-state index >= 15 is 0 Å². The van der Waals surface area contributed by atoms with Gasteiger partial charge in [0.05, 0.1) is 0 Å². The van der Waals surface area contributed by atoms with Crippen LogP contribution in [0.25, 0.3) is 0 Å². The number of nitrogens with zero attached hydrogens (tertiary/aromatic N) is 3. The van der Waals surface area contributed by atoms with Crippen LogP contribution in [0.3, 0.4) is 0 Å². The minimum absolute atomic E-state index is 0.0297. The second-order valence-electron chi connectivity index (χ2n) is 4.66. The molecule has 0 saturated carbocycles. The first-order chi connectivity index (χ1) is 8.34. The van der Waals surface area contributed by atoms with Gasteiger partial charge in [0.15, 0.2) is 0 Å². The molecule has 18 heavy (non-hydrogen) atoms. The van der Waals surface area contributed by atoms with Crippen molar-refractivity contribution in [3.63, 3.8) is 0 Å². The first-order valence-corrected chi connectivity index (χ1v) is 5.91. The largest absolute Gasteiger partial charge is 0.406 e. The molecular formula is C11H20N4O3. The molecule has 1 aromatic heterocycles. The van der Waals surface area contributed by atoms with Gasteiger partial charge in [0.1, 0.15) is 0 Å². The molecule has 7 nitrogen and oxygen atoms in total. The SMILES string of the molecule is CCC(C)(CCO)Nc1c([N+](=O)[O-])nc(C)n1C. The summed E-state index contributed by atoms with van der Waals surface area (Å²) in [5.74, 6) is 0.787. The van der Waals surface area contributed by atoms with Crippen molar-refractivity contribution in [1.29, 1.82) is 0 Å². The average molecular weight is 256 g/mol. The van der Waals surface area contributed by atoms with Crippen molar-refractivity contribution in [2.75, 3.05) is 11.9 Å². The van der Waals surface area contributed by atoms with E-state index in [9.17, 15) is 10.1 Å². The van der Waals surface area contributed by atoms with Crippen LogP contribution in [0.15, 0.2) is 0 Å². The molecule has 0 spiro atoms. The number of aryl methyl sites for hydroxylation is 1. The van der Waals surface area contributed by atoms with Gasteiger partial charge in [0, 0.05) is 26.1 Å². The summed E-state index contributed by atoms with van der Waals surface area (Å²) in [6, 6.07) is 0. The third-order valence-corrected chi connectivity index (χ3v) is 3.34. The van der Waals surface area contributed by atoms with Crippen molar-refractivity contribution < 1.29 is 10.0 Å². The number of anilines is 1. The maximum Gasteiger partial charge on any atom is 0.406 e. The van der Waals surface area contributed by atoms with Gasteiger partial charge in [-0.25, -0.2) is 0 Å². The fraction of sp³-hybridized carbons (Fsp3) is 0.727. The summed E-state index contributed by atoms with van der Waals surface area (Å²) in [5.41, 5.74) is -0.389. The van der Waals surface area contributed by atoms with Gasteiger partial charge >= 0.3 is 5.82 Å². The van der Waals surface area contributed by atoms with Crippen LogP contribution in [0.2, 0.25) is 0 Å². The second-order valence-corrected chi connectivity index (χ2v) is 4.66. The molecule has 2 N–H and O–H groups in total. The lowest BCUT2D eigenvalue weighted by Gasteiger charge is -2.29. The molecule has 102 valence electrons. The first kappa shape index (κ1) is 14.4. The number of rotatable bonds is 6. The lowest BCUT2D eigenvalue weighted by Crippen LogP contribution is -2.36. The van der Waals surface area contributed by atoms with E-state index in [4.69, 9.17) is 5.11 Å². The number of nitrogens with one attached hydrogen (secondary N) is 1. The number of hydrogen-bond acceptors (Lipinski definition) is 5. The Hall–Kier alpha value is -1.63. The zero-order valence-electron chi connectivity index (χ0n) is 11.2. The lowest BCUT2D eigenvalue weighted by molar-refractivity contribution is -0.388. The summed E-state index contributed by atoms with van der Waals surface area (Å²) >= 11 is 0. The van der Waals surface area contributed by atoms with Crippen LogP contribution in [0.1, 0.15) is 32.5 Å². The van der Waals surface area contributed by atoms with Crippen LogP contribution in [0.5, 0.6) is 0 Å². The predicted molar refractivity (Wildman–Crippen MR) is 68.6 cm³/mol. The molecule has 1 aromatic rings. The average Bonchev–Trinajstić information content (AvgIpc) is 2.58. The van der Waals surface area contributed by atoms with Crippen molar-refractivity contribution in [2.24, 2.45) is 7.05 Å². The molecule has 0 bridgehead atoms. The fourth-order valence-electron chi connectivity index (χ4n) is 1.72. The number of aliphatic hydroxyl groups is 1. The van der Waals surface area contributed by atoms with Gasteiger partial charge in [0.2, 0.25) is 11.6 Å². The maximum absolute atomic E-state index is 11.0. The Morgan fingerprint density at radius 3 is 2.67 bits per heavy atom. The first-order valence-electron chi connectivity index (χ1n) is 5.91. The summed E-state index contributed by atoms with van der Waals surface area (Å²) < 4.78 is 1.66. The third-order valence-electron chi connectivity index (χ3n) is 3.34. The number of aromatic nitrogens is 2. The van der Waals surface area contributed by atoms with E-state index in [0.717, 1.165) is 6.42 Å². The molecule has 0 radical (unpaired) electrons. The number of nitro groups is 1.